The van der Waals surface area contributed by atoms with E-state index in [1.165, 1.54) is 11.1 Å². The van der Waals surface area contributed by atoms with E-state index in [0.29, 0.717) is 26.4 Å². The van der Waals surface area contributed by atoms with Gasteiger partial charge in [-0.25, -0.2) is 9.36 Å². The summed E-state index contributed by atoms with van der Waals surface area (Å²) in [6.45, 7) is 6.74. The van der Waals surface area contributed by atoms with E-state index in [1.54, 1.807) is 4.68 Å². The summed E-state index contributed by atoms with van der Waals surface area (Å²) in [4.78, 5) is 0. The normalized spacial score (nSPS) is 17.8. The van der Waals surface area contributed by atoms with Crippen LogP contribution in [-0.4, -0.2) is 50.7 Å². The van der Waals surface area contributed by atoms with Crippen LogP contribution in [0.2, 0.25) is 0 Å². The van der Waals surface area contributed by atoms with Gasteiger partial charge in [0.1, 0.15) is 11.8 Å². The van der Waals surface area contributed by atoms with Crippen LogP contribution in [-0.2, 0) is 16.0 Å². The molecule has 0 N–H and O–H groups in total. The highest BCUT2D eigenvalue weighted by molar-refractivity contribution is 5.56. The lowest BCUT2D eigenvalue weighted by Crippen LogP contribution is -2.32. The SMILES string of the molecule is Cc1ccc(-n2cc(-c3cn(CC4COCCO4)nn3)cn2)cc1C. The molecule has 130 valence electrons. The van der Waals surface area contributed by atoms with E-state index in [2.05, 4.69) is 47.5 Å². The molecule has 0 amide bonds. The molecule has 3 aromatic rings. The predicted octanol–water partition coefficient (Wildman–Crippen LogP) is 2.16. The topological polar surface area (TPSA) is 67.0 Å². The van der Waals surface area contributed by atoms with Gasteiger partial charge in [0.2, 0.25) is 0 Å². The summed E-state index contributed by atoms with van der Waals surface area (Å²) in [6.07, 6.45) is 5.73. The maximum atomic E-state index is 5.65. The standard InChI is InChI=1S/C18H21N5O2/c1-13-3-4-16(7-14(13)2)23-9-15(8-19-23)18-11-22(21-20-18)10-17-12-24-5-6-25-17/h3-4,7-9,11,17H,5-6,10,12H2,1-2H3. The molecule has 1 fully saturated rings. The highest BCUT2D eigenvalue weighted by atomic mass is 16.6. The molecule has 1 saturated heterocycles. The first-order valence-electron chi connectivity index (χ1n) is 8.41. The molecule has 1 aliphatic rings. The van der Waals surface area contributed by atoms with Crippen molar-refractivity contribution in [3.05, 3.63) is 47.9 Å². The van der Waals surface area contributed by atoms with Gasteiger partial charge < -0.3 is 9.47 Å². The summed E-state index contributed by atoms with van der Waals surface area (Å²) >= 11 is 0. The van der Waals surface area contributed by atoms with Crippen molar-refractivity contribution in [2.45, 2.75) is 26.5 Å². The third kappa shape index (κ3) is 3.47. The fourth-order valence-corrected chi connectivity index (χ4v) is 2.83. The minimum Gasteiger partial charge on any atom is -0.376 e. The Morgan fingerprint density at radius 2 is 2.08 bits per heavy atom. The lowest BCUT2D eigenvalue weighted by molar-refractivity contribution is -0.0947. The molecular formula is C18H21N5O2. The Bertz CT molecular complexity index is 864. The van der Waals surface area contributed by atoms with Crippen LogP contribution < -0.4 is 0 Å². The van der Waals surface area contributed by atoms with Crippen molar-refractivity contribution in [3.8, 4) is 16.9 Å². The number of nitrogens with zero attached hydrogens (tertiary/aromatic N) is 5. The molecule has 1 unspecified atom stereocenters. The van der Waals surface area contributed by atoms with E-state index >= 15 is 0 Å². The molecule has 25 heavy (non-hydrogen) atoms. The van der Waals surface area contributed by atoms with Gasteiger partial charge in [0.15, 0.2) is 0 Å². The van der Waals surface area contributed by atoms with Crippen LogP contribution in [0.15, 0.2) is 36.8 Å². The first-order valence-corrected chi connectivity index (χ1v) is 8.41. The lowest BCUT2D eigenvalue weighted by atomic mass is 10.1. The number of hydrogen-bond acceptors (Lipinski definition) is 5. The van der Waals surface area contributed by atoms with E-state index in [0.717, 1.165) is 16.9 Å². The molecule has 0 bridgehead atoms. The maximum absolute atomic E-state index is 5.65. The number of aromatic nitrogens is 5. The van der Waals surface area contributed by atoms with Crippen LogP contribution in [0.4, 0.5) is 0 Å². The van der Waals surface area contributed by atoms with Crippen molar-refractivity contribution in [2.24, 2.45) is 0 Å². The molecule has 1 aliphatic heterocycles. The van der Waals surface area contributed by atoms with Gasteiger partial charge in [0, 0.05) is 11.8 Å². The molecule has 3 heterocycles. The number of rotatable bonds is 4. The van der Waals surface area contributed by atoms with E-state index in [4.69, 9.17) is 9.47 Å². The minimum atomic E-state index is 0.0292. The number of hydrogen-bond donors (Lipinski definition) is 0. The predicted molar refractivity (Wildman–Crippen MR) is 92.6 cm³/mol. The smallest absolute Gasteiger partial charge is 0.116 e. The average molecular weight is 339 g/mol. The third-order valence-electron chi connectivity index (χ3n) is 4.45. The van der Waals surface area contributed by atoms with E-state index < -0.39 is 0 Å². The fraction of sp³-hybridized carbons (Fsp3) is 0.389. The molecule has 0 aliphatic carbocycles. The number of ether oxygens (including phenoxy) is 2. The highest BCUT2D eigenvalue weighted by Crippen LogP contribution is 2.19. The zero-order valence-corrected chi connectivity index (χ0v) is 14.4. The second kappa shape index (κ2) is 6.78. The van der Waals surface area contributed by atoms with Gasteiger partial charge in [-0.05, 0) is 37.1 Å². The fourth-order valence-electron chi connectivity index (χ4n) is 2.83. The number of aryl methyl sites for hydroxylation is 2. The summed E-state index contributed by atoms with van der Waals surface area (Å²) in [6, 6.07) is 6.30. The Balaban J connectivity index is 1.51. The largest absolute Gasteiger partial charge is 0.376 e. The summed E-state index contributed by atoms with van der Waals surface area (Å²) < 4.78 is 14.7. The van der Waals surface area contributed by atoms with E-state index in [1.807, 2.05) is 23.3 Å². The minimum absolute atomic E-state index is 0.0292. The Labute approximate surface area is 146 Å². The highest BCUT2D eigenvalue weighted by Gasteiger charge is 2.16. The Hall–Kier alpha value is -2.51. The van der Waals surface area contributed by atoms with Crippen molar-refractivity contribution < 1.29 is 9.47 Å². The molecule has 7 nitrogen and oxygen atoms in total. The average Bonchev–Trinajstić information content (AvgIpc) is 3.27. The first-order chi connectivity index (χ1) is 12.2. The zero-order chi connectivity index (χ0) is 17.2. The second-order valence-corrected chi connectivity index (χ2v) is 6.34. The molecule has 0 spiro atoms. The molecule has 0 radical (unpaired) electrons. The lowest BCUT2D eigenvalue weighted by Gasteiger charge is -2.22. The van der Waals surface area contributed by atoms with Crippen LogP contribution in [0.5, 0.6) is 0 Å². The summed E-state index contributed by atoms with van der Waals surface area (Å²) in [5.74, 6) is 0. The monoisotopic (exact) mass is 339 g/mol. The van der Waals surface area contributed by atoms with Gasteiger partial charge >= 0.3 is 0 Å². The Morgan fingerprint density at radius 1 is 1.16 bits per heavy atom. The van der Waals surface area contributed by atoms with Crippen LogP contribution in [0, 0.1) is 13.8 Å². The second-order valence-electron chi connectivity index (χ2n) is 6.34. The van der Waals surface area contributed by atoms with E-state index in [9.17, 15) is 0 Å². The van der Waals surface area contributed by atoms with Gasteiger partial charge in [-0.2, -0.15) is 5.10 Å². The van der Waals surface area contributed by atoms with Gasteiger partial charge in [-0.15, -0.1) is 5.10 Å². The van der Waals surface area contributed by atoms with Gasteiger partial charge in [0.25, 0.3) is 0 Å². The van der Waals surface area contributed by atoms with Crippen molar-refractivity contribution in [2.75, 3.05) is 19.8 Å². The van der Waals surface area contributed by atoms with Crippen LogP contribution in [0.1, 0.15) is 11.1 Å². The van der Waals surface area contributed by atoms with Crippen LogP contribution >= 0.6 is 0 Å². The first kappa shape index (κ1) is 16.0. The van der Waals surface area contributed by atoms with Crippen molar-refractivity contribution in [1.82, 2.24) is 24.8 Å². The molecule has 1 atom stereocenters. The molecule has 2 aromatic heterocycles. The van der Waals surface area contributed by atoms with Gasteiger partial charge in [0.05, 0.1) is 44.4 Å². The van der Waals surface area contributed by atoms with Gasteiger partial charge in [-0.1, -0.05) is 11.3 Å². The zero-order valence-electron chi connectivity index (χ0n) is 14.4. The van der Waals surface area contributed by atoms with Gasteiger partial charge in [-0.3, -0.25) is 0 Å². The quantitative estimate of drug-likeness (QED) is 0.729. The van der Waals surface area contributed by atoms with Crippen molar-refractivity contribution in [3.63, 3.8) is 0 Å². The van der Waals surface area contributed by atoms with Crippen molar-refractivity contribution >= 4 is 0 Å². The number of benzene rings is 1. The van der Waals surface area contributed by atoms with E-state index in [-0.39, 0.29) is 6.10 Å². The summed E-state index contributed by atoms with van der Waals surface area (Å²) in [5.41, 5.74) is 5.29. The molecule has 0 saturated carbocycles. The van der Waals surface area contributed by atoms with Crippen molar-refractivity contribution in [1.29, 1.82) is 0 Å². The summed E-state index contributed by atoms with van der Waals surface area (Å²) in [7, 11) is 0. The molecule has 7 heteroatoms. The maximum Gasteiger partial charge on any atom is 0.116 e. The Morgan fingerprint density at radius 3 is 2.88 bits per heavy atom. The van der Waals surface area contributed by atoms with Crippen LogP contribution in [0.3, 0.4) is 0 Å². The molecule has 1 aromatic carbocycles. The Kier molecular flexibility index (Phi) is 4.33. The van der Waals surface area contributed by atoms with Crippen LogP contribution in [0.25, 0.3) is 16.9 Å². The molecule has 4 rings (SSSR count). The third-order valence-corrected chi connectivity index (χ3v) is 4.45. The molecular weight excluding hydrogens is 318 g/mol. The summed E-state index contributed by atoms with van der Waals surface area (Å²) in [5, 5.41) is 12.9.